The van der Waals surface area contributed by atoms with Crippen LogP contribution in [0.3, 0.4) is 0 Å². The van der Waals surface area contributed by atoms with Crippen LogP contribution in [0.2, 0.25) is 0 Å². The van der Waals surface area contributed by atoms with E-state index in [-0.39, 0.29) is 5.97 Å². The second-order valence-electron chi connectivity index (χ2n) is 5.80. The lowest BCUT2D eigenvalue weighted by atomic mass is 9.91. The van der Waals surface area contributed by atoms with E-state index < -0.39 is 0 Å². The largest absolute Gasteiger partial charge is 0.426 e. The summed E-state index contributed by atoms with van der Waals surface area (Å²) >= 11 is 0. The summed E-state index contributed by atoms with van der Waals surface area (Å²) in [4.78, 5) is 11.4. The number of carbonyl (C=O) groups excluding carboxylic acids is 1. The van der Waals surface area contributed by atoms with Gasteiger partial charge >= 0.3 is 5.97 Å². The molecule has 0 amide bonds. The molecular weight excluding hydrogens is 272 g/mol. The lowest BCUT2D eigenvalue weighted by Gasteiger charge is -2.13. The zero-order valence-corrected chi connectivity index (χ0v) is 12.0. The molecule has 5 rings (SSSR count). The molecule has 0 aromatic heterocycles. The van der Waals surface area contributed by atoms with Crippen LogP contribution in [-0.4, -0.2) is 5.97 Å². The van der Waals surface area contributed by atoms with Gasteiger partial charge in [-0.2, -0.15) is 0 Å². The first-order valence-corrected chi connectivity index (χ1v) is 7.33. The fraction of sp³-hybridized carbons (Fsp3) is 0.0500. The summed E-state index contributed by atoms with van der Waals surface area (Å²) in [6.07, 6.45) is 1.96. The van der Waals surface area contributed by atoms with Crippen LogP contribution < -0.4 is 0 Å². The molecule has 0 heterocycles. The van der Waals surface area contributed by atoms with Crippen molar-refractivity contribution in [2.75, 3.05) is 0 Å². The summed E-state index contributed by atoms with van der Waals surface area (Å²) in [7, 11) is 0. The zero-order valence-electron chi connectivity index (χ0n) is 12.0. The minimum Gasteiger partial charge on any atom is -0.426 e. The first-order valence-electron chi connectivity index (χ1n) is 7.33. The van der Waals surface area contributed by atoms with Gasteiger partial charge in [-0.15, -0.1) is 0 Å². The Morgan fingerprint density at radius 1 is 0.864 bits per heavy atom. The van der Waals surface area contributed by atoms with Crippen molar-refractivity contribution in [1.82, 2.24) is 0 Å². The molecule has 0 N–H and O–H groups in total. The van der Waals surface area contributed by atoms with Crippen LogP contribution in [-0.2, 0) is 9.53 Å². The van der Waals surface area contributed by atoms with Gasteiger partial charge in [-0.05, 0) is 44.6 Å². The summed E-state index contributed by atoms with van der Waals surface area (Å²) in [5.74, 6) is 0.370. The van der Waals surface area contributed by atoms with Crippen LogP contribution in [0.1, 0.15) is 18.1 Å². The molecule has 0 spiro atoms. The highest BCUT2D eigenvalue weighted by Gasteiger charge is 2.22. The third kappa shape index (κ3) is 1.37. The molecule has 0 fully saturated rings. The monoisotopic (exact) mass is 284 g/mol. The van der Waals surface area contributed by atoms with Gasteiger partial charge in [0.15, 0.2) is 0 Å². The molecule has 2 nitrogen and oxygen atoms in total. The maximum absolute atomic E-state index is 11.4. The summed E-state index contributed by atoms with van der Waals surface area (Å²) in [5, 5.41) is 7.40. The van der Waals surface area contributed by atoms with Crippen LogP contribution in [0, 0.1) is 0 Å². The van der Waals surface area contributed by atoms with E-state index in [4.69, 9.17) is 4.74 Å². The summed E-state index contributed by atoms with van der Waals surface area (Å²) < 4.78 is 5.43. The second-order valence-corrected chi connectivity index (χ2v) is 5.80. The number of esters is 1. The van der Waals surface area contributed by atoms with Crippen LogP contribution in [0.15, 0.2) is 48.5 Å². The Balaban J connectivity index is 2.01. The van der Waals surface area contributed by atoms with Gasteiger partial charge < -0.3 is 4.74 Å². The second kappa shape index (κ2) is 3.86. The number of ether oxygens (including phenoxy) is 1. The van der Waals surface area contributed by atoms with Gasteiger partial charge in [-0.3, -0.25) is 4.79 Å². The summed E-state index contributed by atoms with van der Waals surface area (Å²) in [5.41, 5.74) is 2.14. The van der Waals surface area contributed by atoms with Crippen LogP contribution in [0.4, 0.5) is 0 Å². The van der Waals surface area contributed by atoms with E-state index in [9.17, 15) is 4.79 Å². The molecule has 0 unspecified atom stereocenters. The third-order valence-corrected chi connectivity index (χ3v) is 4.47. The number of carbonyl (C=O) groups is 1. The van der Waals surface area contributed by atoms with E-state index in [0.29, 0.717) is 5.76 Å². The van der Waals surface area contributed by atoms with Gasteiger partial charge in [-0.25, -0.2) is 0 Å². The number of hydrogen-bond acceptors (Lipinski definition) is 2. The zero-order chi connectivity index (χ0) is 14.8. The number of hydrogen-bond donors (Lipinski definition) is 0. The third-order valence-electron chi connectivity index (χ3n) is 4.47. The van der Waals surface area contributed by atoms with E-state index in [1.807, 2.05) is 6.08 Å². The highest BCUT2D eigenvalue weighted by molar-refractivity contribution is 6.28. The predicted octanol–water partition coefficient (Wildman–Crippen LogP) is 4.96. The van der Waals surface area contributed by atoms with Crippen molar-refractivity contribution in [2.45, 2.75) is 6.92 Å². The van der Waals surface area contributed by atoms with Gasteiger partial charge in [0, 0.05) is 17.9 Å². The van der Waals surface area contributed by atoms with E-state index in [2.05, 4.69) is 48.5 Å². The summed E-state index contributed by atoms with van der Waals surface area (Å²) in [6.45, 7) is 1.44. The van der Waals surface area contributed by atoms with Gasteiger partial charge in [0.1, 0.15) is 5.76 Å². The molecule has 1 aliphatic rings. The molecule has 0 atom stereocenters. The molecular formula is C20H12O2. The first kappa shape index (κ1) is 11.8. The molecule has 0 aliphatic heterocycles. The number of rotatable bonds is 1. The van der Waals surface area contributed by atoms with E-state index in [0.717, 1.165) is 11.1 Å². The van der Waals surface area contributed by atoms with Crippen LogP contribution in [0.25, 0.3) is 44.2 Å². The molecule has 4 aromatic carbocycles. The molecule has 1 aliphatic carbocycles. The Hall–Kier alpha value is -2.87. The molecule has 2 heteroatoms. The van der Waals surface area contributed by atoms with Gasteiger partial charge in [-0.1, -0.05) is 42.5 Å². The predicted molar refractivity (Wildman–Crippen MR) is 89.8 cm³/mol. The van der Waals surface area contributed by atoms with Crippen molar-refractivity contribution in [3.8, 4) is 0 Å². The molecule has 0 bridgehead atoms. The van der Waals surface area contributed by atoms with Crippen molar-refractivity contribution >= 4 is 50.1 Å². The maximum Gasteiger partial charge on any atom is 0.308 e. The van der Waals surface area contributed by atoms with Crippen molar-refractivity contribution in [3.63, 3.8) is 0 Å². The average Bonchev–Trinajstić information content (AvgIpc) is 2.85. The van der Waals surface area contributed by atoms with Gasteiger partial charge in [0.2, 0.25) is 0 Å². The van der Waals surface area contributed by atoms with E-state index in [1.165, 1.54) is 39.2 Å². The van der Waals surface area contributed by atoms with E-state index >= 15 is 0 Å². The Kier molecular flexibility index (Phi) is 2.06. The topological polar surface area (TPSA) is 26.3 Å². The lowest BCUT2D eigenvalue weighted by Crippen LogP contribution is -1.97. The average molecular weight is 284 g/mol. The van der Waals surface area contributed by atoms with Gasteiger partial charge in [0.05, 0.1) is 0 Å². The van der Waals surface area contributed by atoms with Crippen LogP contribution >= 0.6 is 0 Å². The molecule has 22 heavy (non-hydrogen) atoms. The quantitative estimate of drug-likeness (QED) is 0.365. The Labute approximate surface area is 126 Å². The first-order chi connectivity index (χ1) is 10.7. The van der Waals surface area contributed by atoms with Gasteiger partial charge in [0.25, 0.3) is 0 Å². The fourth-order valence-corrected chi connectivity index (χ4v) is 3.65. The highest BCUT2D eigenvalue weighted by atomic mass is 16.5. The summed E-state index contributed by atoms with van der Waals surface area (Å²) in [6, 6.07) is 17.0. The Bertz CT molecular complexity index is 1120. The minimum absolute atomic E-state index is 0.284. The Morgan fingerprint density at radius 3 is 2.41 bits per heavy atom. The highest BCUT2D eigenvalue weighted by Crippen LogP contribution is 2.44. The van der Waals surface area contributed by atoms with Crippen LogP contribution in [0.5, 0.6) is 0 Å². The van der Waals surface area contributed by atoms with E-state index in [1.54, 1.807) is 0 Å². The minimum atomic E-state index is -0.284. The van der Waals surface area contributed by atoms with Crippen molar-refractivity contribution < 1.29 is 9.53 Å². The molecule has 4 aromatic rings. The molecule has 104 valence electrons. The smallest absolute Gasteiger partial charge is 0.308 e. The maximum atomic E-state index is 11.4. The van der Waals surface area contributed by atoms with Crippen molar-refractivity contribution in [3.05, 3.63) is 59.7 Å². The number of benzene rings is 4. The Morgan fingerprint density at radius 2 is 1.59 bits per heavy atom. The van der Waals surface area contributed by atoms with Crippen molar-refractivity contribution in [2.24, 2.45) is 0 Å². The molecule has 0 saturated heterocycles. The van der Waals surface area contributed by atoms with Crippen molar-refractivity contribution in [1.29, 1.82) is 0 Å². The fourth-order valence-electron chi connectivity index (χ4n) is 3.65. The standard InChI is InChI=1S/C20H12O2/c1-11(21)22-17-10-15-8-7-13-6-5-12-3-2-4-14-9-16(17)19(15)20(13)18(12)14/h2-10H,1H3. The molecule has 0 radical (unpaired) electrons. The molecule has 0 saturated carbocycles. The normalized spacial score (nSPS) is 13.2. The SMILES string of the molecule is CC(=O)OC1=Cc2ccc3ccc4cccc5cc1c2c3c45. The lowest BCUT2D eigenvalue weighted by molar-refractivity contribution is -0.134.